The van der Waals surface area contributed by atoms with Crippen molar-refractivity contribution < 1.29 is 0 Å². The van der Waals surface area contributed by atoms with Crippen LogP contribution in [0.2, 0.25) is 5.02 Å². The number of rotatable bonds is 5. The van der Waals surface area contributed by atoms with E-state index in [2.05, 4.69) is 49.4 Å². The number of likely N-dealkylation sites (N-methyl/N-ethyl adjacent to an activating group) is 1. The lowest BCUT2D eigenvalue weighted by molar-refractivity contribution is 0.556. The largest absolute Gasteiger partial charge is 0.313 e. The van der Waals surface area contributed by atoms with Gasteiger partial charge < -0.3 is 5.32 Å². The maximum Gasteiger partial charge on any atom is 0.0850 e. The Labute approximate surface area is 132 Å². The molecule has 0 saturated heterocycles. The van der Waals surface area contributed by atoms with Crippen LogP contribution in [0.3, 0.4) is 0 Å². The quantitative estimate of drug-likeness (QED) is 0.911. The van der Waals surface area contributed by atoms with Gasteiger partial charge in [-0.3, -0.25) is 4.68 Å². The number of hydrogen-bond acceptors (Lipinski definition) is 2. The zero-order valence-electron chi connectivity index (χ0n) is 13.5. The van der Waals surface area contributed by atoms with Gasteiger partial charge in [-0.15, -0.1) is 0 Å². The highest BCUT2D eigenvalue weighted by molar-refractivity contribution is 6.31. The summed E-state index contributed by atoms with van der Waals surface area (Å²) in [6, 6.07) is 6.67. The molecule has 2 aromatic rings. The molecule has 1 atom stereocenters. The van der Waals surface area contributed by atoms with E-state index in [1.807, 2.05) is 18.8 Å². The first kappa shape index (κ1) is 16.1. The lowest BCUT2D eigenvalue weighted by Gasteiger charge is -2.21. The Morgan fingerprint density at radius 3 is 2.38 bits per heavy atom. The molecule has 1 aromatic heterocycles. The lowest BCUT2D eigenvalue weighted by atomic mass is 9.93. The highest BCUT2D eigenvalue weighted by Gasteiger charge is 2.20. The van der Waals surface area contributed by atoms with Crippen LogP contribution in [0.5, 0.6) is 0 Å². The smallest absolute Gasteiger partial charge is 0.0850 e. The third-order valence-corrected chi connectivity index (χ3v) is 4.58. The minimum Gasteiger partial charge on any atom is -0.313 e. The van der Waals surface area contributed by atoms with Gasteiger partial charge in [-0.2, -0.15) is 5.10 Å². The summed E-state index contributed by atoms with van der Waals surface area (Å²) in [4.78, 5) is 0. The van der Waals surface area contributed by atoms with Crippen molar-refractivity contribution >= 4 is 11.6 Å². The first-order chi connectivity index (χ1) is 9.99. The predicted octanol–water partition coefficient (Wildman–Crippen LogP) is 3.76. The summed E-state index contributed by atoms with van der Waals surface area (Å²) >= 11 is 6.49. The Kier molecular flexibility index (Phi) is 5.07. The molecule has 3 nitrogen and oxygen atoms in total. The Morgan fingerprint density at radius 1 is 1.29 bits per heavy atom. The fourth-order valence-corrected chi connectivity index (χ4v) is 3.33. The van der Waals surface area contributed by atoms with Gasteiger partial charge in [0.25, 0.3) is 0 Å². The van der Waals surface area contributed by atoms with E-state index < -0.39 is 0 Å². The van der Waals surface area contributed by atoms with Crippen LogP contribution in [-0.4, -0.2) is 16.8 Å². The monoisotopic (exact) mass is 305 g/mol. The average Bonchev–Trinajstić information content (AvgIpc) is 2.72. The normalized spacial score (nSPS) is 12.7. The van der Waals surface area contributed by atoms with Crippen LogP contribution in [0.1, 0.15) is 41.0 Å². The molecule has 1 N–H and O–H groups in total. The molecule has 0 aliphatic heterocycles. The van der Waals surface area contributed by atoms with Crippen molar-refractivity contribution in [2.24, 2.45) is 7.05 Å². The average molecular weight is 306 g/mol. The maximum absolute atomic E-state index is 6.49. The molecule has 1 heterocycles. The molecule has 0 saturated carbocycles. The van der Waals surface area contributed by atoms with E-state index in [0.717, 1.165) is 29.3 Å². The highest BCUT2D eigenvalue weighted by Crippen LogP contribution is 2.29. The molecule has 21 heavy (non-hydrogen) atoms. The molecule has 0 amide bonds. The number of aromatic nitrogens is 2. The van der Waals surface area contributed by atoms with Crippen molar-refractivity contribution in [3.8, 4) is 0 Å². The summed E-state index contributed by atoms with van der Waals surface area (Å²) in [7, 11) is 3.97. The van der Waals surface area contributed by atoms with Gasteiger partial charge in [0.05, 0.1) is 16.4 Å². The minimum atomic E-state index is 0.240. The van der Waals surface area contributed by atoms with Gasteiger partial charge in [0, 0.05) is 19.5 Å². The van der Waals surface area contributed by atoms with E-state index in [4.69, 9.17) is 11.6 Å². The van der Waals surface area contributed by atoms with Crippen LogP contribution >= 0.6 is 11.6 Å². The van der Waals surface area contributed by atoms with Crippen LogP contribution in [-0.2, 0) is 19.9 Å². The molecule has 0 radical (unpaired) electrons. The predicted molar refractivity (Wildman–Crippen MR) is 89.0 cm³/mol. The standard InChI is InChI=1S/C17H24ClN3/c1-6-13-17(18)15(21(5)20-13)10-14(19-4)16-11(2)8-7-9-12(16)3/h7-9,14,19H,6,10H2,1-5H3. The van der Waals surface area contributed by atoms with Crippen LogP contribution in [0, 0.1) is 13.8 Å². The van der Waals surface area contributed by atoms with Crippen molar-refractivity contribution in [3.05, 3.63) is 51.3 Å². The Bertz CT molecular complexity index is 611. The zero-order chi connectivity index (χ0) is 15.6. The lowest BCUT2D eigenvalue weighted by Crippen LogP contribution is -2.22. The Hall–Kier alpha value is -1.32. The van der Waals surface area contributed by atoms with E-state index >= 15 is 0 Å². The molecule has 4 heteroatoms. The van der Waals surface area contributed by atoms with Gasteiger partial charge in [0.1, 0.15) is 0 Å². The molecule has 0 aliphatic carbocycles. The van der Waals surface area contributed by atoms with E-state index in [9.17, 15) is 0 Å². The topological polar surface area (TPSA) is 29.9 Å². The SMILES string of the molecule is CCc1nn(C)c(CC(NC)c2c(C)cccc2C)c1Cl. The van der Waals surface area contributed by atoms with Crippen LogP contribution in [0.25, 0.3) is 0 Å². The first-order valence-corrected chi connectivity index (χ1v) is 7.81. The number of hydrogen-bond donors (Lipinski definition) is 1. The molecule has 2 rings (SSSR count). The molecular weight excluding hydrogens is 282 g/mol. The summed E-state index contributed by atoms with van der Waals surface area (Å²) in [5.74, 6) is 0. The van der Waals surface area contributed by atoms with E-state index in [1.54, 1.807) is 0 Å². The summed E-state index contributed by atoms with van der Waals surface area (Å²) in [6.07, 6.45) is 1.70. The van der Waals surface area contributed by atoms with Crippen LogP contribution in [0.15, 0.2) is 18.2 Å². The van der Waals surface area contributed by atoms with Gasteiger partial charge in [-0.25, -0.2) is 0 Å². The van der Waals surface area contributed by atoms with E-state index in [0.29, 0.717) is 0 Å². The first-order valence-electron chi connectivity index (χ1n) is 7.43. The van der Waals surface area contributed by atoms with Crippen molar-refractivity contribution in [1.82, 2.24) is 15.1 Å². The zero-order valence-corrected chi connectivity index (χ0v) is 14.3. The fourth-order valence-electron chi connectivity index (χ4n) is 2.96. The highest BCUT2D eigenvalue weighted by atomic mass is 35.5. The third-order valence-electron chi connectivity index (χ3n) is 4.14. The molecule has 114 valence electrons. The van der Waals surface area contributed by atoms with Crippen LogP contribution in [0.4, 0.5) is 0 Å². The summed E-state index contributed by atoms with van der Waals surface area (Å²) < 4.78 is 1.92. The second-order valence-corrected chi connectivity index (χ2v) is 5.91. The van der Waals surface area contributed by atoms with Gasteiger partial charge >= 0.3 is 0 Å². The number of nitrogens with zero attached hydrogens (tertiary/aromatic N) is 2. The molecule has 1 unspecified atom stereocenters. The molecule has 0 bridgehead atoms. The molecule has 0 aliphatic rings. The van der Waals surface area contributed by atoms with Crippen molar-refractivity contribution in [2.45, 2.75) is 39.7 Å². The number of aryl methyl sites for hydroxylation is 4. The summed E-state index contributed by atoms with van der Waals surface area (Å²) in [6.45, 7) is 6.41. The molecular formula is C17H24ClN3. The van der Waals surface area contributed by atoms with Crippen molar-refractivity contribution in [2.75, 3.05) is 7.05 Å². The second-order valence-electron chi connectivity index (χ2n) is 5.54. The Morgan fingerprint density at radius 2 is 1.90 bits per heavy atom. The Balaban J connectivity index is 2.38. The van der Waals surface area contributed by atoms with Gasteiger partial charge in [0.2, 0.25) is 0 Å². The molecule has 0 spiro atoms. The van der Waals surface area contributed by atoms with Crippen molar-refractivity contribution in [3.63, 3.8) is 0 Å². The number of halogens is 1. The number of benzene rings is 1. The minimum absolute atomic E-state index is 0.240. The maximum atomic E-state index is 6.49. The molecule has 0 fully saturated rings. The van der Waals surface area contributed by atoms with E-state index in [-0.39, 0.29) is 6.04 Å². The van der Waals surface area contributed by atoms with E-state index in [1.165, 1.54) is 16.7 Å². The second kappa shape index (κ2) is 6.63. The van der Waals surface area contributed by atoms with Gasteiger partial charge in [0.15, 0.2) is 0 Å². The number of nitrogens with one attached hydrogen (secondary N) is 1. The summed E-state index contributed by atoms with van der Waals surface area (Å²) in [5.41, 5.74) is 6.04. The molecule has 1 aromatic carbocycles. The third kappa shape index (κ3) is 3.14. The van der Waals surface area contributed by atoms with Crippen LogP contribution < -0.4 is 5.32 Å². The van der Waals surface area contributed by atoms with Crippen molar-refractivity contribution in [1.29, 1.82) is 0 Å². The van der Waals surface area contributed by atoms with Gasteiger partial charge in [-0.05, 0) is 44.0 Å². The van der Waals surface area contributed by atoms with Gasteiger partial charge in [-0.1, -0.05) is 36.7 Å². The fraction of sp³-hybridized carbons (Fsp3) is 0.471. The summed E-state index contributed by atoms with van der Waals surface area (Å²) in [5, 5.41) is 8.75.